The number of nitrogens with two attached hydrogens (primary N) is 1. The Hall–Kier alpha value is -1.94. The van der Waals surface area contributed by atoms with Gasteiger partial charge in [-0.05, 0) is 31.2 Å². The molecule has 1 aromatic carbocycles. The average molecular weight is 247 g/mol. The SMILES string of the molecule is Cc1ccc(C(CN)COc2cccc(O)c2)o1. The van der Waals surface area contributed by atoms with Crippen LogP contribution >= 0.6 is 0 Å². The van der Waals surface area contributed by atoms with Gasteiger partial charge in [0.2, 0.25) is 0 Å². The van der Waals surface area contributed by atoms with Crippen LogP contribution in [0.1, 0.15) is 17.4 Å². The maximum Gasteiger partial charge on any atom is 0.123 e. The van der Waals surface area contributed by atoms with Gasteiger partial charge in [0.1, 0.15) is 23.0 Å². The topological polar surface area (TPSA) is 68.6 Å². The van der Waals surface area contributed by atoms with Crippen molar-refractivity contribution in [2.45, 2.75) is 12.8 Å². The molecule has 0 aliphatic rings. The lowest BCUT2D eigenvalue weighted by molar-refractivity contribution is 0.270. The Morgan fingerprint density at radius 1 is 1.33 bits per heavy atom. The summed E-state index contributed by atoms with van der Waals surface area (Å²) in [6.07, 6.45) is 0. The van der Waals surface area contributed by atoms with E-state index >= 15 is 0 Å². The van der Waals surface area contributed by atoms with Crippen molar-refractivity contribution in [1.82, 2.24) is 0 Å². The predicted octanol–water partition coefficient (Wildman–Crippen LogP) is 2.41. The van der Waals surface area contributed by atoms with Crippen molar-refractivity contribution in [3.05, 3.63) is 47.9 Å². The summed E-state index contributed by atoms with van der Waals surface area (Å²) in [5, 5.41) is 9.33. The van der Waals surface area contributed by atoms with Crippen molar-refractivity contribution in [1.29, 1.82) is 0 Å². The van der Waals surface area contributed by atoms with Crippen molar-refractivity contribution in [2.24, 2.45) is 5.73 Å². The zero-order valence-electron chi connectivity index (χ0n) is 10.3. The van der Waals surface area contributed by atoms with E-state index < -0.39 is 0 Å². The number of rotatable bonds is 5. The van der Waals surface area contributed by atoms with Gasteiger partial charge < -0.3 is 20.0 Å². The minimum absolute atomic E-state index is 0.0149. The molecule has 4 heteroatoms. The Kier molecular flexibility index (Phi) is 3.89. The first-order chi connectivity index (χ1) is 8.69. The molecule has 0 fully saturated rings. The van der Waals surface area contributed by atoms with Gasteiger partial charge in [-0.3, -0.25) is 0 Å². The Morgan fingerprint density at radius 2 is 2.17 bits per heavy atom. The Bertz CT molecular complexity index is 507. The van der Waals surface area contributed by atoms with Gasteiger partial charge >= 0.3 is 0 Å². The number of phenolic OH excluding ortho intramolecular Hbond substituents is 1. The first-order valence-electron chi connectivity index (χ1n) is 5.87. The summed E-state index contributed by atoms with van der Waals surface area (Å²) in [6, 6.07) is 10.5. The molecule has 0 saturated carbocycles. The standard InChI is InChI=1S/C14H17NO3/c1-10-5-6-14(18-10)11(8-15)9-17-13-4-2-3-12(16)7-13/h2-7,11,16H,8-9,15H2,1H3. The van der Waals surface area contributed by atoms with Crippen LogP contribution in [0.25, 0.3) is 0 Å². The van der Waals surface area contributed by atoms with E-state index in [4.69, 9.17) is 14.9 Å². The van der Waals surface area contributed by atoms with Gasteiger partial charge in [-0.25, -0.2) is 0 Å². The van der Waals surface area contributed by atoms with Crippen molar-refractivity contribution in [3.63, 3.8) is 0 Å². The largest absolute Gasteiger partial charge is 0.508 e. The number of ether oxygens (including phenoxy) is 1. The second kappa shape index (κ2) is 5.60. The van der Waals surface area contributed by atoms with Crippen LogP contribution in [0, 0.1) is 6.92 Å². The number of benzene rings is 1. The van der Waals surface area contributed by atoms with E-state index in [0.717, 1.165) is 11.5 Å². The zero-order chi connectivity index (χ0) is 13.0. The summed E-state index contributed by atoms with van der Waals surface area (Å²) >= 11 is 0. The third-order valence-corrected chi connectivity index (χ3v) is 2.72. The van der Waals surface area contributed by atoms with Gasteiger partial charge in [0.15, 0.2) is 0 Å². The first-order valence-corrected chi connectivity index (χ1v) is 5.87. The van der Waals surface area contributed by atoms with Crippen molar-refractivity contribution >= 4 is 0 Å². The monoisotopic (exact) mass is 247 g/mol. The second-order valence-corrected chi connectivity index (χ2v) is 4.19. The molecule has 0 spiro atoms. The molecule has 1 heterocycles. The van der Waals surface area contributed by atoms with Crippen LogP contribution in [-0.2, 0) is 0 Å². The molecule has 0 saturated heterocycles. The minimum Gasteiger partial charge on any atom is -0.508 e. The van der Waals surface area contributed by atoms with E-state index in [1.807, 2.05) is 19.1 Å². The van der Waals surface area contributed by atoms with E-state index in [9.17, 15) is 5.11 Å². The van der Waals surface area contributed by atoms with Gasteiger partial charge in [-0.1, -0.05) is 6.07 Å². The molecule has 0 radical (unpaired) electrons. The normalized spacial score (nSPS) is 12.3. The molecule has 3 N–H and O–H groups in total. The predicted molar refractivity (Wildman–Crippen MR) is 68.8 cm³/mol. The molecule has 96 valence electrons. The molecule has 18 heavy (non-hydrogen) atoms. The maximum absolute atomic E-state index is 9.33. The Morgan fingerprint density at radius 3 is 2.78 bits per heavy atom. The molecular weight excluding hydrogens is 230 g/mol. The summed E-state index contributed by atoms with van der Waals surface area (Å²) in [6.45, 7) is 2.77. The van der Waals surface area contributed by atoms with Crippen LogP contribution in [0.15, 0.2) is 40.8 Å². The van der Waals surface area contributed by atoms with Crippen LogP contribution < -0.4 is 10.5 Å². The summed E-state index contributed by atoms with van der Waals surface area (Å²) in [7, 11) is 0. The highest BCUT2D eigenvalue weighted by atomic mass is 16.5. The fourth-order valence-corrected chi connectivity index (χ4v) is 1.71. The van der Waals surface area contributed by atoms with Gasteiger partial charge in [0, 0.05) is 12.6 Å². The number of aromatic hydroxyl groups is 1. The van der Waals surface area contributed by atoms with Crippen LogP contribution in [0.4, 0.5) is 0 Å². The molecule has 1 aromatic heterocycles. The zero-order valence-corrected chi connectivity index (χ0v) is 10.3. The third kappa shape index (κ3) is 3.05. The van der Waals surface area contributed by atoms with Gasteiger partial charge in [-0.15, -0.1) is 0 Å². The lowest BCUT2D eigenvalue weighted by Crippen LogP contribution is -2.19. The molecule has 1 unspecified atom stereocenters. The lowest BCUT2D eigenvalue weighted by atomic mass is 10.1. The van der Waals surface area contributed by atoms with Crippen molar-refractivity contribution in [3.8, 4) is 11.5 Å². The smallest absolute Gasteiger partial charge is 0.123 e. The van der Waals surface area contributed by atoms with E-state index in [1.54, 1.807) is 24.3 Å². The quantitative estimate of drug-likeness (QED) is 0.851. The molecule has 0 aliphatic carbocycles. The Labute approximate surface area is 106 Å². The molecule has 0 aliphatic heterocycles. The summed E-state index contributed by atoms with van der Waals surface area (Å²) < 4.78 is 11.1. The van der Waals surface area contributed by atoms with Gasteiger partial charge in [0.25, 0.3) is 0 Å². The molecule has 0 bridgehead atoms. The van der Waals surface area contributed by atoms with Gasteiger partial charge in [-0.2, -0.15) is 0 Å². The van der Waals surface area contributed by atoms with Crippen LogP contribution in [0.3, 0.4) is 0 Å². The van der Waals surface area contributed by atoms with E-state index in [2.05, 4.69) is 0 Å². The number of aryl methyl sites for hydroxylation is 1. The first kappa shape index (κ1) is 12.5. The molecule has 2 aromatic rings. The fourth-order valence-electron chi connectivity index (χ4n) is 1.71. The average Bonchev–Trinajstić information content (AvgIpc) is 2.77. The number of hydrogen-bond acceptors (Lipinski definition) is 4. The molecule has 4 nitrogen and oxygen atoms in total. The highest BCUT2D eigenvalue weighted by molar-refractivity contribution is 5.31. The van der Waals surface area contributed by atoms with Crippen molar-refractivity contribution < 1.29 is 14.3 Å². The second-order valence-electron chi connectivity index (χ2n) is 4.19. The number of hydrogen-bond donors (Lipinski definition) is 2. The third-order valence-electron chi connectivity index (χ3n) is 2.72. The molecule has 0 amide bonds. The van der Waals surface area contributed by atoms with Crippen LogP contribution in [0.2, 0.25) is 0 Å². The van der Waals surface area contributed by atoms with E-state index in [0.29, 0.717) is 18.9 Å². The van der Waals surface area contributed by atoms with E-state index in [-0.39, 0.29) is 11.7 Å². The van der Waals surface area contributed by atoms with Crippen LogP contribution in [0.5, 0.6) is 11.5 Å². The molecule has 1 atom stereocenters. The minimum atomic E-state index is 0.0149. The van der Waals surface area contributed by atoms with Crippen molar-refractivity contribution in [2.75, 3.05) is 13.2 Å². The fraction of sp³-hybridized carbons (Fsp3) is 0.286. The summed E-state index contributed by atoms with van der Waals surface area (Å²) in [4.78, 5) is 0. The molecule has 2 rings (SSSR count). The summed E-state index contributed by atoms with van der Waals surface area (Å²) in [5.74, 6) is 2.51. The Balaban J connectivity index is 1.99. The summed E-state index contributed by atoms with van der Waals surface area (Å²) in [5.41, 5.74) is 5.72. The number of furan rings is 1. The van der Waals surface area contributed by atoms with Gasteiger partial charge in [0.05, 0.1) is 12.5 Å². The maximum atomic E-state index is 9.33. The van der Waals surface area contributed by atoms with Crippen LogP contribution in [-0.4, -0.2) is 18.3 Å². The lowest BCUT2D eigenvalue weighted by Gasteiger charge is -2.13. The molecular formula is C14H17NO3. The highest BCUT2D eigenvalue weighted by Crippen LogP contribution is 2.22. The van der Waals surface area contributed by atoms with E-state index in [1.165, 1.54) is 0 Å². The number of phenols is 1. The highest BCUT2D eigenvalue weighted by Gasteiger charge is 2.14.